The molecule has 0 radical (unpaired) electrons. The van der Waals surface area contributed by atoms with Crippen molar-refractivity contribution < 1.29 is 9.84 Å². The lowest BCUT2D eigenvalue weighted by atomic mass is 10.1. The minimum atomic E-state index is -0.492. The summed E-state index contributed by atoms with van der Waals surface area (Å²) in [4.78, 5) is 0. The monoisotopic (exact) mass is 233 g/mol. The SMILES string of the molecule is C[C@H](O)c1cccc(OCc2nncn2C)c1. The van der Waals surface area contributed by atoms with Crippen LogP contribution >= 0.6 is 0 Å². The van der Waals surface area contributed by atoms with Crippen molar-refractivity contribution in [2.24, 2.45) is 7.05 Å². The molecule has 0 aliphatic rings. The molecule has 5 nitrogen and oxygen atoms in total. The summed E-state index contributed by atoms with van der Waals surface area (Å²) in [5.74, 6) is 1.47. The Bertz CT molecular complexity index is 494. The van der Waals surface area contributed by atoms with E-state index in [2.05, 4.69) is 10.2 Å². The molecule has 0 spiro atoms. The van der Waals surface area contributed by atoms with E-state index in [9.17, 15) is 5.11 Å². The first-order valence-electron chi connectivity index (χ1n) is 5.40. The van der Waals surface area contributed by atoms with E-state index in [-0.39, 0.29) is 0 Å². The third kappa shape index (κ3) is 2.82. The fourth-order valence-corrected chi connectivity index (χ4v) is 1.45. The van der Waals surface area contributed by atoms with Crippen LogP contribution in [0.4, 0.5) is 0 Å². The summed E-state index contributed by atoms with van der Waals surface area (Å²) >= 11 is 0. The molecule has 5 heteroatoms. The maximum atomic E-state index is 9.46. The second kappa shape index (κ2) is 4.97. The first-order chi connectivity index (χ1) is 8.16. The zero-order chi connectivity index (χ0) is 12.3. The molecule has 0 fully saturated rings. The van der Waals surface area contributed by atoms with Gasteiger partial charge in [-0.2, -0.15) is 0 Å². The molecule has 2 rings (SSSR count). The van der Waals surface area contributed by atoms with Crippen molar-refractivity contribution in [2.75, 3.05) is 0 Å². The molecule has 0 saturated carbocycles. The quantitative estimate of drug-likeness (QED) is 0.868. The van der Waals surface area contributed by atoms with Gasteiger partial charge in [0.05, 0.1) is 6.10 Å². The Labute approximate surface area is 99.7 Å². The standard InChI is InChI=1S/C12H15N3O2/c1-9(16)10-4-3-5-11(6-10)17-7-12-14-13-8-15(12)2/h3-6,8-9,16H,7H2,1-2H3/t9-/m0/s1. The molecule has 2 aromatic rings. The van der Waals surface area contributed by atoms with E-state index < -0.39 is 6.10 Å². The lowest BCUT2D eigenvalue weighted by molar-refractivity contribution is 0.198. The number of rotatable bonds is 4. The largest absolute Gasteiger partial charge is 0.486 e. The van der Waals surface area contributed by atoms with Gasteiger partial charge in [0.2, 0.25) is 0 Å². The smallest absolute Gasteiger partial charge is 0.170 e. The highest BCUT2D eigenvalue weighted by Crippen LogP contribution is 2.19. The van der Waals surface area contributed by atoms with Crippen molar-refractivity contribution in [1.82, 2.24) is 14.8 Å². The highest BCUT2D eigenvalue weighted by molar-refractivity contribution is 5.29. The number of nitrogens with zero attached hydrogens (tertiary/aromatic N) is 3. The van der Waals surface area contributed by atoms with Crippen LogP contribution < -0.4 is 4.74 Å². The second-order valence-corrected chi connectivity index (χ2v) is 3.90. The van der Waals surface area contributed by atoms with Gasteiger partial charge in [0, 0.05) is 7.05 Å². The van der Waals surface area contributed by atoms with Crippen molar-refractivity contribution in [3.05, 3.63) is 42.0 Å². The molecule has 1 heterocycles. The summed E-state index contributed by atoms with van der Waals surface area (Å²) in [5, 5.41) is 17.2. The number of aromatic nitrogens is 3. The van der Waals surface area contributed by atoms with E-state index >= 15 is 0 Å². The minimum Gasteiger partial charge on any atom is -0.486 e. The Morgan fingerprint density at radius 1 is 1.47 bits per heavy atom. The van der Waals surface area contributed by atoms with E-state index in [0.717, 1.165) is 11.4 Å². The van der Waals surface area contributed by atoms with Gasteiger partial charge in [-0.1, -0.05) is 12.1 Å². The Hall–Kier alpha value is -1.88. The average molecular weight is 233 g/mol. The van der Waals surface area contributed by atoms with Gasteiger partial charge in [-0.05, 0) is 24.6 Å². The minimum absolute atomic E-state index is 0.361. The van der Waals surface area contributed by atoms with E-state index in [0.29, 0.717) is 12.4 Å². The third-order valence-electron chi connectivity index (χ3n) is 2.51. The number of aliphatic hydroxyl groups excluding tert-OH is 1. The molecule has 1 aromatic heterocycles. The number of hydrogen-bond acceptors (Lipinski definition) is 4. The Morgan fingerprint density at radius 2 is 2.29 bits per heavy atom. The van der Waals surface area contributed by atoms with Crippen LogP contribution in [0, 0.1) is 0 Å². The zero-order valence-electron chi connectivity index (χ0n) is 9.87. The van der Waals surface area contributed by atoms with Gasteiger partial charge in [0.1, 0.15) is 18.7 Å². The summed E-state index contributed by atoms with van der Waals surface area (Å²) in [6, 6.07) is 7.39. The second-order valence-electron chi connectivity index (χ2n) is 3.90. The fraction of sp³-hybridized carbons (Fsp3) is 0.333. The summed E-state index contributed by atoms with van der Waals surface area (Å²) in [7, 11) is 1.87. The van der Waals surface area contributed by atoms with Gasteiger partial charge < -0.3 is 14.4 Å². The highest BCUT2D eigenvalue weighted by atomic mass is 16.5. The van der Waals surface area contributed by atoms with Crippen LogP contribution in [0.1, 0.15) is 24.4 Å². The van der Waals surface area contributed by atoms with Crippen LogP contribution in [0.15, 0.2) is 30.6 Å². The molecule has 1 aromatic carbocycles. The number of hydrogen-bond donors (Lipinski definition) is 1. The van der Waals surface area contributed by atoms with Crippen LogP contribution in [-0.4, -0.2) is 19.9 Å². The van der Waals surface area contributed by atoms with E-state index in [1.165, 1.54) is 0 Å². The molecular formula is C12H15N3O2. The Balaban J connectivity index is 2.04. The van der Waals surface area contributed by atoms with Gasteiger partial charge in [-0.3, -0.25) is 0 Å². The third-order valence-corrected chi connectivity index (χ3v) is 2.51. The topological polar surface area (TPSA) is 60.2 Å². The van der Waals surface area contributed by atoms with Crippen molar-refractivity contribution in [3.63, 3.8) is 0 Å². The number of aryl methyl sites for hydroxylation is 1. The Kier molecular flexibility index (Phi) is 3.39. The van der Waals surface area contributed by atoms with Gasteiger partial charge >= 0.3 is 0 Å². The predicted octanol–water partition coefficient (Wildman–Crippen LogP) is 1.45. The average Bonchev–Trinajstić information content (AvgIpc) is 2.72. The summed E-state index contributed by atoms with van der Waals surface area (Å²) in [6.07, 6.45) is 1.14. The molecule has 0 saturated heterocycles. The van der Waals surface area contributed by atoms with Crippen molar-refractivity contribution in [2.45, 2.75) is 19.6 Å². The Morgan fingerprint density at radius 3 is 2.94 bits per heavy atom. The van der Waals surface area contributed by atoms with Gasteiger partial charge in [0.15, 0.2) is 5.82 Å². The molecule has 17 heavy (non-hydrogen) atoms. The first kappa shape index (κ1) is 11.6. The van der Waals surface area contributed by atoms with Crippen LogP contribution in [-0.2, 0) is 13.7 Å². The molecule has 1 atom stereocenters. The zero-order valence-corrected chi connectivity index (χ0v) is 9.87. The van der Waals surface area contributed by atoms with Gasteiger partial charge in [-0.15, -0.1) is 10.2 Å². The maximum Gasteiger partial charge on any atom is 0.170 e. The molecule has 0 aliphatic carbocycles. The molecule has 0 bridgehead atoms. The van der Waals surface area contributed by atoms with Crippen LogP contribution in [0.5, 0.6) is 5.75 Å². The number of benzene rings is 1. The summed E-state index contributed by atoms with van der Waals surface area (Å²) in [6.45, 7) is 2.08. The normalized spacial score (nSPS) is 12.4. The molecule has 0 amide bonds. The first-order valence-corrected chi connectivity index (χ1v) is 5.40. The lowest BCUT2D eigenvalue weighted by Crippen LogP contribution is -2.03. The van der Waals surface area contributed by atoms with Gasteiger partial charge in [0.25, 0.3) is 0 Å². The summed E-state index contributed by atoms with van der Waals surface area (Å²) < 4.78 is 7.39. The highest BCUT2D eigenvalue weighted by Gasteiger charge is 2.04. The van der Waals surface area contributed by atoms with Crippen LogP contribution in [0.3, 0.4) is 0 Å². The van der Waals surface area contributed by atoms with E-state index in [4.69, 9.17) is 4.74 Å². The molecule has 1 N–H and O–H groups in total. The lowest BCUT2D eigenvalue weighted by Gasteiger charge is -2.09. The summed E-state index contributed by atoms with van der Waals surface area (Å²) in [5.41, 5.74) is 0.834. The predicted molar refractivity (Wildman–Crippen MR) is 62.4 cm³/mol. The molecule has 0 unspecified atom stereocenters. The van der Waals surface area contributed by atoms with Crippen molar-refractivity contribution in [3.8, 4) is 5.75 Å². The number of ether oxygens (including phenoxy) is 1. The van der Waals surface area contributed by atoms with Crippen molar-refractivity contribution >= 4 is 0 Å². The van der Waals surface area contributed by atoms with Crippen LogP contribution in [0.25, 0.3) is 0 Å². The molecule has 0 aliphatic heterocycles. The molecule has 90 valence electrons. The number of aliphatic hydroxyl groups is 1. The molecular weight excluding hydrogens is 218 g/mol. The van der Waals surface area contributed by atoms with E-state index in [1.807, 2.05) is 31.3 Å². The van der Waals surface area contributed by atoms with E-state index in [1.54, 1.807) is 17.8 Å². The van der Waals surface area contributed by atoms with Gasteiger partial charge in [-0.25, -0.2) is 0 Å². The maximum absolute atomic E-state index is 9.46. The van der Waals surface area contributed by atoms with Crippen molar-refractivity contribution in [1.29, 1.82) is 0 Å². The fourth-order valence-electron chi connectivity index (χ4n) is 1.45. The van der Waals surface area contributed by atoms with Crippen LogP contribution in [0.2, 0.25) is 0 Å².